The van der Waals surface area contributed by atoms with Crippen LogP contribution < -0.4 is 20.5 Å². The van der Waals surface area contributed by atoms with Crippen molar-refractivity contribution in [3.8, 4) is 17.2 Å². The third-order valence-electron chi connectivity index (χ3n) is 5.97. The lowest BCUT2D eigenvalue weighted by Crippen LogP contribution is -2.39. The Hall–Kier alpha value is -3.59. The molecule has 1 fully saturated rings. The number of amides is 1. The van der Waals surface area contributed by atoms with Crippen LogP contribution in [0.2, 0.25) is 0 Å². The van der Waals surface area contributed by atoms with E-state index in [9.17, 15) is 9.59 Å². The Kier molecular flexibility index (Phi) is 6.79. The van der Waals surface area contributed by atoms with Crippen LogP contribution in [0.4, 0.5) is 5.69 Å². The van der Waals surface area contributed by atoms with Crippen molar-refractivity contribution >= 4 is 11.6 Å². The van der Waals surface area contributed by atoms with Gasteiger partial charge in [-0.1, -0.05) is 18.2 Å². The van der Waals surface area contributed by atoms with Gasteiger partial charge in [-0.05, 0) is 50.2 Å². The Morgan fingerprint density at radius 1 is 1.09 bits per heavy atom. The van der Waals surface area contributed by atoms with E-state index in [0.717, 1.165) is 37.4 Å². The fourth-order valence-electron chi connectivity index (χ4n) is 4.21. The van der Waals surface area contributed by atoms with Crippen LogP contribution in [0.5, 0.6) is 11.5 Å². The third kappa shape index (κ3) is 4.93. The maximum absolute atomic E-state index is 12.7. The standard InChI is InChI=1S/C24H29N5O4/c1-27-24(31)29(18-7-5-4-6-8-18)23(26-27)17-11-13-28(14-12-17)16-22(30)25-20-10-9-19(32-2)15-21(20)33-3/h4-10,15,17H,11-14,16H2,1-3H3,(H,25,30). The highest BCUT2D eigenvalue weighted by molar-refractivity contribution is 5.93. The summed E-state index contributed by atoms with van der Waals surface area (Å²) in [6, 6.07) is 14.9. The molecule has 0 atom stereocenters. The molecule has 33 heavy (non-hydrogen) atoms. The second-order valence-electron chi connectivity index (χ2n) is 8.10. The molecule has 0 radical (unpaired) electrons. The number of aromatic nitrogens is 3. The molecule has 2 aromatic carbocycles. The SMILES string of the molecule is COc1ccc(NC(=O)CN2CCC(c3nn(C)c(=O)n3-c3ccccc3)CC2)c(OC)c1. The third-order valence-corrected chi connectivity index (χ3v) is 5.97. The van der Waals surface area contributed by atoms with Gasteiger partial charge in [0, 0.05) is 19.0 Å². The molecular formula is C24H29N5O4. The Morgan fingerprint density at radius 3 is 2.48 bits per heavy atom. The fourth-order valence-corrected chi connectivity index (χ4v) is 4.21. The van der Waals surface area contributed by atoms with E-state index >= 15 is 0 Å². The number of hydrogen-bond donors (Lipinski definition) is 1. The molecular weight excluding hydrogens is 422 g/mol. The average molecular weight is 452 g/mol. The molecule has 2 heterocycles. The Morgan fingerprint density at radius 2 is 1.82 bits per heavy atom. The number of piperidine rings is 1. The zero-order valence-electron chi connectivity index (χ0n) is 19.2. The molecule has 9 nitrogen and oxygen atoms in total. The summed E-state index contributed by atoms with van der Waals surface area (Å²) in [4.78, 5) is 27.5. The summed E-state index contributed by atoms with van der Waals surface area (Å²) in [5.41, 5.74) is 1.28. The molecule has 1 aliphatic heterocycles. The number of carbonyl (C=O) groups excluding carboxylic acids is 1. The van der Waals surface area contributed by atoms with Gasteiger partial charge in [-0.15, -0.1) is 0 Å². The number of para-hydroxylation sites is 1. The molecule has 0 bridgehead atoms. The number of methoxy groups -OCH3 is 2. The number of carbonyl (C=O) groups is 1. The van der Waals surface area contributed by atoms with Crippen LogP contribution in [0.15, 0.2) is 53.3 Å². The molecule has 174 valence electrons. The van der Waals surface area contributed by atoms with Crippen LogP contribution in [0.3, 0.4) is 0 Å². The first-order chi connectivity index (χ1) is 16.0. The van der Waals surface area contributed by atoms with E-state index in [0.29, 0.717) is 17.2 Å². The van der Waals surface area contributed by atoms with Gasteiger partial charge in [-0.2, -0.15) is 5.10 Å². The lowest BCUT2D eigenvalue weighted by Gasteiger charge is -2.31. The van der Waals surface area contributed by atoms with E-state index in [1.807, 2.05) is 30.3 Å². The number of nitrogens with zero attached hydrogens (tertiary/aromatic N) is 4. The van der Waals surface area contributed by atoms with Crippen molar-refractivity contribution in [2.24, 2.45) is 7.05 Å². The quantitative estimate of drug-likeness (QED) is 0.593. The van der Waals surface area contributed by atoms with E-state index in [4.69, 9.17) is 9.47 Å². The molecule has 1 amide bonds. The van der Waals surface area contributed by atoms with Crippen LogP contribution in [0, 0.1) is 0 Å². The van der Waals surface area contributed by atoms with Crippen molar-refractivity contribution in [3.05, 3.63) is 64.8 Å². The summed E-state index contributed by atoms with van der Waals surface area (Å²) < 4.78 is 13.6. The van der Waals surface area contributed by atoms with Gasteiger partial charge in [0.2, 0.25) is 5.91 Å². The molecule has 0 unspecified atom stereocenters. The van der Waals surface area contributed by atoms with Crippen LogP contribution in [-0.4, -0.2) is 59.0 Å². The maximum atomic E-state index is 12.7. The molecule has 3 aromatic rings. The number of hydrogen-bond acceptors (Lipinski definition) is 6. The van der Waals surface area contributed by atoms with Crippen LogP contribution in [-0.2, 0) is 11.8 Å². The lowest BCUT2D eigenvalue weighted by atomic mass is 9.95. The van der Waals surface area contributed by atoms with E-state index in [1.165, 1.54) is 4.68 Å². The van der Waals surface area contributed by atoms with Crippen LogP contribution >= 0.6 is 0 Å². The topological polar surface area (TPSA) is 90.6 Å². The highest BCUT2D eigenvalue weighted by atomic mass is 16.5. The van der Waals surface area contributed by atoms with Gasteiger partial charge in [0.1, 0.15) is 17.3 Å². The number of anilines is 1. The summed E-state index contributed by atoms with van der Waals surface area (Å²) >= 11 is 0. The van der Waals surface area contributed by atoms with Crippen molar-refractivity contribution in [2.75, 3.05) is 39.2 Å². The minimum absolute atomic E-state index is 0.101. The highest BCUT2D eigenvalue weighted by Gasteiger charge is 2.27. The van der Waals surface area contributed by atoms with E-state index in [-0.39, 0.29) is 24.1 Å². The predicted molar refractivity (Wildman–Crippen MR) is 125 cm³/mol. The zero-order valence-corrected chi connectivity index (χ0v) is 19.2. The second-order valence-corrected chi connectivity index (χ2v) is 8.10. The second kappa shape index (κ2) is 9.91. The first-order valence-electron chi connectivity index (χ1n) is 11.0. The lowest BCUT2D eigenvalue weighted by molar-refractivity contribution is -0.117. The van der Waals surface area contributed by atoms with Gasteiger partial charge in [0.05, 0.1) is 32.1 Å². The minimum atomic E-state index is -0.147. The van der Waals surface area contributed by atoms with E-state index in [2.05, 4.69) is 15.3 Å². The summed E-state index contributed by atoms with van der Waals surface area (Å²) in [6.45, 7) is 1.78. The van der Waals surface area contributed by atoms with Crippen molar-refractivity contribution in [2.45, 2.75) is 18.8 Å². The van der Waals surface area contributed by atoms with Crippen molar-refractivity contribution < 1.29 is 14.3 Å². The van der Waals surface area contributed by atoms with E-state index in [1.54, 1.807) is 44.0 Å². The number of benzene rings is 2. The van der Waals surface area contributed by atoms with Gasteiger partial charge < -0.3 is 14.8 Å². The van der Waals surface area contributed by atoms with Gasteiger partial charge in [0.25, 0.3) is 0 Å². The Balaban J connectivity index is 1.39. The first-order valence-corrected chi connectivity index (χ1v) is 11.0. The average Bonchev–Trinajstić information content (AvgIpc) is 3.14. The molecule has 0 aliphatic carbocycles. The zero-order chi connectivity index (χ0) is 23.4. The number of nitrogens with one attached hydrogen (secondary N) is 1. The summed E-state index contributed by atoms with van der Waals surface area (Å²) in [7, 11) is 4.82. The van der Waals surface area contributed by atoms with Gasteiger partial charge >= 0.3 is 5.69 Å². The molecule has 1 N–H and O–H groups in total. The van der Waals surface area contributed by atoms with Crippen LogP contribution in [0.1, 0.15) is 24.6 Å². The maximum Gasteiger partial charge on any atom is 0.350 e. The molecule has 9 heteroatoms. The molecule has 1 aliphatic rings. The molecule has 1 aromatic heterocycles. The van der Waals surface area contributed by atoms with Gasteiger partial charge in [-0.3, -0.25) is 9.69 Å². The molecule has 0 spiro atoms. The Bertz CT molecular complexity index is 1160. The number of ether oxygens (including phenoxy) is 2. The summed E-state index contributed by atoms with van der Waals surface area (Å²) in [5.74, 6) is 2.04. The predicted octanol–water partition coefficient (Wildman–Crippen LogP) is 2.41. The molecule has 1 saturated heterocycles. The number of aryl methyl sites for hydroxylation is 1. The Labute approximate surface area is 192 Å². The van der Waals surface area contributed by atoms with Gasteiger partial charge in [-0.25, -0.2) is 14.0 Å². The summed E-state index contributed by atoms with van der Waals surface area (Å²) in [6.07, 6.45) is 1.64. The van der Waals surface area contributed by atoms with E-state index < -0.39 is 0 Å². The number of rotatable bonds is 7. The fraction of sp³-hybridized carbons (Fsp3) is 0.375. The minimum Gasteiger partial charge on any atom is -0.497 e. The smallest absolute Gasteiger partial charge is 0.350 e. The molecule has 4 rings (SSSR count). The van der Waals surface area contributed by atoms with Crippen molar-refractivity contribution in [1.82, 2.24) is 19.2 Å². The van der Waals surface area contributed by atoms with Crippen molar-refractivity contribution in [1.29, 1.82) is 0 Å². The molecule has 0 saturated carbocycles. The highest BCUT2D eigenvalue weighted by Crippen LogP contribution is 2.30. The van der Waals surface area contributed by atoms with Crippen LogP contribution in [0.25, 0.3) is 5.69 Å². The van der Waals surface area contributed by atoms with Gasteiger partial charge in [0.15, 0.2) is 0 Å². The normalized spacial score (nSPS) is 14.8. The number of likely N-dealkylation sites (tertiary alicyclic amines) is 1. The monoisotopic (exact) mass is 451 g/mol. The largest absolute Gasteiger partial charge is 0.497 e. The van der Waals surface area contributed by atoms with Crippen molar-refractivity contribution in [3.63, 3.8) is 0 Å². The first kappa shape index (κ1) is 22.6. The summed E-state index contributed by atoms with van der Waals surface area (Å²) in [5, 5.41) is 7.45.